The third kappa shape index (κ3) is 7.18. The smallest absolute Gasteiger partial charge is 0.459 e. The molecule has 2 aliphatic rings. The number of aliphatic hydroxyl groups is 1. The van der Waals surface area contributed by atoms with Crippen molar-refractivity contribution in [2.45, 2.75) is 50.8 Å². The van der Waals surface area contributed by atoms with Crippen LogP contribution in [0.2, 0.25) is 0 Å². The Balaban J connectivity index is 1.34. The third-order valence-corrected chi connectivity index (χ3v) is 8.83. The molecule has 1 amide bonds. The minimum absolute atomic E-state index is 0.000896. The number of ether oxygens (including phenoxy) is 2. The average molecular weight is 626 g/mol. The molecule has 4 atom stereocenters. The molecule has 11 nitrogen and oxygen atoms in total. The van der Waals surface area contributed by atoms with Crippen LogP contribution in [0, 0.1) is 0 Å². The molecular formula is C31H33FN3O8P. The topological polar surface area (TPSA) is 136 Å². The van der Waals surface area contributed by atoms with Crippen molar-refractivity contribution in [2.24, 2.45) is 0 Å². The van der Waals surface area contributed by atoms with Crippen molar-refractivity contribution in [3.63, 3.8) is 0 Å². The Morgan fingerprint density at radius 2 is 1.86 bits per heavy atom. The number of fused-ring (bicyclic) bond motifs is 1. The molecule has 0 aliphatic carbocycles. The van der Waals surface area contributed by atoms with Gasteiger partial charge in [0, 0.05) is 18.0 Å². The fourth-order valence-electron chi connectivity index (χ4n) is 4.76. The van der Waals surface area contributed by atoms with Crippen molar-refractivity contribution >= 4 is 30.4 Å². The van der Waals surface area contributed by atoms with Crippen molar-refractivity contribution in [2.75, 3.05) is 6.61 Å². The van der Waals surface area contributed by atoms with Gasteiger partial charge in [-0.25, -0.2) is 4.57 Å². The molecule has 2 aliphatic heterocycles. The van der Waals surface area contributed by atoms with E-state index in [1.807, 2.05) is 48.5 Å². The number of hydrogen-bond donors (Lipinski definition) is 3. The summed E-state index contributed by atoms with van der Waals surface area (Å²) in [6.07, 6.45) is -2.10. The monoisotopic (exact) mass is 625 g/mol. The summed E-state index contributed by atoms with van der Waals surface area (Å²) >= 11 is 0. The Bertz CT molecular complexity index is 1630. The summed E-state index contributed by atoms with van der Waals surface area (Å²) in [7, 11) is -4.38. The zero-order valence-electron chi connectivity index (χ0n) is 24.1. The van der Waals surface area contributed by atoms with E-state index >= 15 is 0 Å². The van der Waals surface area contributed by atoms with E-state index in [1.54, 1.807) is 24.3 Å². The van der Waals surface area contributed by atoms with Gasteiger partial charge in [0.15, 0.2) is 0 Å². The van der Waals surface area contributed by atoms with Crippen LogP contribution in [-0.4, -0.2) is 52.5 Å². The van der Waals surface area contributed by atoms with Gasteiger partial charge in [-0.1, -0.05) is 73.3 Å². The molecule has 1 saturated heterocycles. The molecule has 0 radical (unpaired) electrons. The third-order valence-electron chi connectivity index (χ3n) is 7.07. The predicted octanol–water partition coefficient (Wildman–Crippen LogP) is 4.64. The first-order valence-corrected chi connectivity index (χ1v) is 15.4. The number of carbonyl (C=O) groups excluding carboxylic acids is 2. The summed E-state index contributed by atoms with van der Waals surface area (Å²) in [5.74, 6) is -2.39. The van der Waals surface area contributed by atoms with Crippen LogP contribution >= 0.6 is 7.75 Å². The van der Waals surface area contributed by atoms with Crippen LogP contribution < -0.4 is 14.9 Å². The minimum Gasteiger partial charge on any atom is -0.459 e. The van der Waals surface area contributed by atoms with Gasteiger partial charge in [-0.15, -0.1) is 0 Å². The first-order chi connectivity index (χ1) is 20.9. The van der Waals surface area contributed by atoms with Crippen LogP contribution in [0.15, 0.2) is 97.2 Å². The van der Waals surface area contributed by atoms with Crippen molar-refractivity contribution < 1.29 is 42.2 Å². The molecule has 3 aromatic carbocycles. The van der Waals surface area contributed by atoms with E-state index in [2.05, 4.69) is 17.0 Å². The number of halogens is 1. The van der Waals surface area contributed by atoms with E-state index in [4.69, 9.17) is 18.5 Å². The molecule has 2 heterocycles. The van der Waals surface area contributed by atoms with Crippen LogP contribution in [0.5, 0.6) is 5.75 Å². The van der Waals surface area contributed by atoms with Gasteiger partial charge >= 0.3 is 13.7 Å². The molecule has 0 spiro atoms. The highest BCUT2D eigenvalue weighted by molar-refractivity contribution is 7.52. The number of carbonyl (C=O) groups is 2. The number of nitrogens with zero attached hydrogens (tertiary/aromatic N) is 1. The molecule has 0 saturated carbocycles. The largest absolute Gasteiger partial charge is 0.459 e. The number of aliphatic hydroxyl groups excluding tert-OH is 1. The van der Waals surface area contributed by atoms with Gasteiger partial charge in [-0.3, -0.25) is 14.1 Å². The predicted molar refractivity (Wildman–Crippen MR) is 159 cm³/mol. The van der Waals surface area contributed by atoms with E-state index in [0.717, 1.165) is 17.1 Å². The second-order valence-electron chi connectivity index (χ2n) is 10.9. The second-order valence-corrected chi connectivity index (χ2v) is 12.5. The average Bonchev–Trinajstić information content (AvgIpc) is 3.37. The second kappa shape index (κ2) is 12.9. The Morgan fingerprint density at radius 3 is 2.64 bits per heavy atom. The lowest BCUT2D eigenvalue weighted by molar-refractivity contribution is -0.151. The molecule has 2 unspecified atom stereocenters. The summed E-state index contributed by atoms with van der Waals surface area (Å²) in [5.41, 5.74) is -0.769. The van der Waals surface area contributed by atoms with Crippen LogP contribution in [-0.2, 0) is 34.8 Å². The molecule has 0 bridgehead atoms. The summed E-state index contributed by atoms with van der Waals surface area (Å²) in [5, 5.41) is 17.2. The summed E-state index contributed by atoms with van der Waals surface area (Å²) < 4.78 is 51.5. The van der Waals surface area contributed by atoms with Crippen LogP contribution in [0.25, 0.3) is 10.8 Å². The molecule has 5 rings (SSSR count). The summed E-state index contributed by atoms with van der Waals surface area (Å²) in [6.45, 7) is 6.23. The first-order valence-electron chi connectivity index (χ1n) is 13.9. The number of rotatable bonds is 11. The van der Waals surface area contributed by atoms with E-state index in [0.29, 0.717) is 5.39 Å². The van der Waals surface area contributed by atoms with Gasteiger partial charge in [0.1, 0.15) is 36.0 Å². The first kappa shape index (κ1) is 31.4. The van der Waals surface area contributed by atoms with Crippen molar-refractivity contribution in [3.05, 3.63) is 103 Å². The van der Waals surface area contributed by atoms with Gasteiger partial charge in [0.25, 0.3) is 5.91 Å². The normalized spacial score (nSPS) is 21.9. The number of benzene rings is 3. The van der Waals surface area contributed by atoms with Crippen LogP contribution in [0.1, 0.15) is 25.8 Å². The molecule has 232 valence electrons. The highest BCUT2D eigenvalue weighted by atomic mass is 31.2. The number of esters is 1. The quantitative estimate of drug-likeness (QED) is 0.204. The lowest BCUT2D eigenvalue weighted by Crippen LogP contribution is -2.47. The lowest BCUT2D eigenvalue weighted by atomic mass is 10.1. The van der Waals surface area contributed by atoms with Gasteiger partial charge in [0.2, 0.25) is 5.83 Å². The number of nitrogens with one attached hydrogen (secondary N) is 2. The number of amides is 1. The minimum atomic E-state index is -4.38. The van der Waals surface area contributed by atoms with Gasteiger partial charge < -0.3 is 29.3 Å². The molecule has 0 aromatic heterocycles. The van der Waals surface area contributed by atoms with Crippen molar-refractivity contribution in [1.29, 1.82) is 0 Å². The molecular weight excluding hydrogens is 592 g/mol. The van der Waals surface area contributed by atoms with E-state index in [-0.39, 0.29) is 24.6 Å². The van der Waals surface area contributed by atoms with E-state index in [1.165, 1.54) is 18.7 Å². The molecule has 3 aromatic rings. The van der Waals surface area contributed by atoms with Gasteiger partial charge in [-0.05, 0) is 30.9 Å². The van der Waals surface area contributed by atoms with Crippen molar-refractivity contribution in [1.82, 2.24) is 15.3 Å². The summed E-state index contributed by atoms with van der Waals surface area (Å²) in [4.78, 5) is 26.0. The molecule has 13 heteroatoms. The standard InChI is InChI=1S/C31H33FN3O8P/c1-20-33-29(37)24(32)17-35(20)28-16-25(36)27(42-28)19-41-44(39,43-26-15-9-13-22-12-7-8-14-23(22)26)34-31(2,3)30(38)40-18-21-10-5-4-6-11-21/h4-15,17,25,27-28,36H,1,16,18-19H2,2-3H3,(H,33,37)(H,34,39)/t25?,27-,28-,44?/m1/s1. The molecule has 1 fully saturated rings. The summed E-state index contributed by atoms with van der Waals surface area (Å²) in [6, 6.07) is 21.6. The lowest BCUT2D eigenvalue weighted by Gasteiger charge is -2.32. The van der Waals surface area contributed by atoms with Gasteiger partial charge in [-0.2, -0.15) is 9.48 Å². The Hall–Kier alpha value is -4.06. The van der Waals surface area contributed by atoms with Crippen LogP contribution in [0.4, 0.5) is 4.39 Å². The maximum absolute atomic E-state index is 14.4. The van der Waals surface area contributed by atoms with E-state index in [9.17, 15) is 23.7 Å². The molecule has 3 N–H and O–H groups in total. The molecule has 44 heavy (non-hydrogen) atoms. The fraction of sp³-hybridized carbons (Fsp3) is 0.290. The number of hydrogen-bond acceptors (Lipinski definition) is 9. The van der Waals surface area contributed by atoms with Crippen molar-refractivity contribution in [3.8, 4) is 5.75 Å². The zero-order chi connectivity index (χ0) is 31.5. The maximum atomic E-state index is 14.4. The highest BCUT2D eigenvalue weighted by Gasteiger charge is 2.44. The Kier molecular flexibility index (Phi) is 9.19. The Morgan fingerprint density at radius 1 is 1.16 bits per heavy atom. The fourth-order valence-corrected chi connectivity index (χ4v) is 6.46. The Labute approximate surface area is 253 Å². The maximum Gasteiger partial charge on any atom is 0.459 e. The van der Waals surface area contributed by atoms with Crippen LogP contribution in [0.3, 0.4) is 0 Å². The van der Waals surface area contributed by atoms with E-state index < -0.39 is 56.0 Å². The highest BCUT2D eigenvalue weighted by Crippen LogP contribution is 2.48. The zero-order valence-corrected chi connectivity index (χ0v) is 25.0. The SMILES string of the molecule is C=C1NC(=O)C(F)=CN1[C@H]1CC(O)[C@@H](COP(=O)(NC(C)(C)C(=O)OCc2ccccc2)Oc2cccc3ccccc23)O1. The van der Waals surface area contributed by atoms with Gasteiger partial charge in [0.05, 0.1) is 12.7 Å².